The molecule has 0 bridgehead atoms. The minimum Gasteiger partial charge on any atom is -0.480 e. The molecule has 8 heteroatoms. The highest BCUT2D eigenvalue weighted by Crippen LogP contribution is 2.29. The topological polar surface area (TPSA) is 40.5 Å². The van der Waals surface area contributed by atoms with Gasteiger partial charge in [-0.1, -0.05) is 30.3 Å². The molecule has 1 rings (SSSR count). The quantitative estimate of drug-likeness (QED) is 0.821. The summed E-state index contributed by atoms with van der Waals surface area (Å²) in [5, 5.41) is 8.49. The third-order valence-corrected chi connectivity index (χ3v) is 2.38. The molecule has 0 aliphatic heterocycles. The molecule has 0 heterocycles. The van der Waals surface area contributed by atoms with Crippen LogP contribution in [0.5, 0.6) is 0 Å². The lowest BCUT2D eigenvalue weighted by Gasteiger charge is -2.26. The normalized spacial score (nSPS) is 12.7. The van der Waals surface area contributed by atoms with Crippen molar-refractivity contribution in [2.75, 3.05) is 19.6 Å². The molecule has 0 aromatic heterocycles. The van der Waals surface area contributed by atoms with Gasteiger partial charge in [0.05, 0.1) is 19.6 Å². The first kappa shape index (κ1) is 16.4. The van der Waals surface area contributed by atoms with Crippen LogP contribution in [0.15, 0.2) is 30.3 Å². The molecular weight excluding hydrogens is 285 g/mol. The molecule has 0 aliphatic rings. The number of carbonyl (C=O) groups is 1. The van der Waals surface area contributed by atoms with E-state index in [1.54, 1.807) is 0 Å². The van der Waals surface area contributed by atoms with E-state index in [4.69, 9.17) is 5.11 Å². The van der Waals surface area contributed by atoms with Crippen LogP contribution < -0.4 is 0 Å². The largest absolute Gasteiger partial charge is 0.480 e. The molecule has 1 aromatic rings. The average molecular weight is 297 g/mol. The lowest BCUT2D eigenvalue weighted by molar-refractivity contribution is -0.162. The van der Waals surface area contributed by atoms with E-state index in [0.717, 1.165) is 12.1 Å². The number of hydrogen-bond donors (Lipinski definition) is 1. The van der Waals surface area contributed by atoms with Crippen LogP contribution in [0.1, 0.15) is 5.56 Å². The van der Waals surface area contributed by atoms with Gasteiger partial charge in [0.1, 0.15) is 0 Å². The standard InChI is InChI=1S/C12H12F5NO2/c13-11(14,9-4-2-1-3-5-9)7-18(6-10(19)20)8-12(15,16)17/h1-5H,6-8H2,(H,19,20). The van der Waals surface area contributed by atoms with Crippen molar-refractivity contribution in [3.8, 4) is 0 Å². The summed E-state index contributed by atoms with van der Waals surface area (Å²) in [5.41, 5.74) is -0.461. The summed E-state index contributed by atoms with van der Waals surface area (Å²) < 4.78 is 64.4. The number of nitrogens with zero attached hydrogens (tertiary/aromatic N) is 1. The Morgan fingerprint density at radius 3 is 2.05 bits per heavy atom. The van der Waals surface area contributed by atoms with Gasteiger partial charge >= 0.3 is 12.1 Å². The Hall–Kier alpha value is -1.70. The molecule has 0 aliphatic carbocycles. The summed E-state index contributed by atoms with van der Waals surface area (Å²) in [5.74, 6) is -5.17. The first-order valence-corrected chi connectivity index (χ1v) is 5.54. The molecule has 0 radical (unpaired) electrons. The summed E-state index contributed by atoms with van der Waals surface area (Å²) >= 11 is 0. The smallest absolute Gasteiger partial charge is 0.401 e. The van der Waals surface area contributed by atoms with Gasteiger partial charge in [-0.25, -0.2) is 0 Å². The highest BCUT2D eigenvalue weighted by Gasteiger charge is 2.39. The number of halogens is 5. The van der Waals surface area contributed by atoms with Crippen LogP contribution in [0.4, 0.5) is 22.0 Å². The molecule has 0 saturated carbocycles. The van der Waals surface area contributed by atoms with Crippen LogP contribution in [0.25, 0.3) is 0 Å². The Morgan fingerprint density at radius 1 is 1.05 bits per heavy atom. The molecule has 0 atom stereocenters. The first-order chi connectivity index (χ1) is 9.10. The van der Waals surface area contributed by atoms with Gasteiger partial charge in [-0.3, -0.25) is 9.69 Å². The van der Waals surface area contributed by atoms with E-state index in [9.17, 15) is 26.7 Å². The molecule has 1 aromatic carbocycles. The molecule has 1 N–H and O–H groups in total. The zero-order valence-electron chi connectivity index (χ0n) is 10.2. The maximum Gasteiger partial charge on any atom is 0.401 e. The number of benzene rings is 1. The van der Waals surface area contributed by atoms with Crippen LogP contribution >= 0.6 is 0 Å². The fraction of sp³-hybridized carbons (Fsp3) is 0.417. The summed E-state index contributed by atoms with van der Waals surface area (Å²) in [6.45, 7) is -4.13. The third kappa shape index (κ3) is 5.52. The Bertz CT molecular complexity index is 447. The van der Waals surface area contributed by atoms with Crippen LogP contribution in [0.2, 0.25) is 0 Å². The van der Waals surface area contributed by atoms with E-state index in [2.05, 4.69) is 0 Å². The molecule has 3 nitrogen and oxygen atoms in total. The van der Waals surface area contributed by atoms with Gasteiger partial charge in [0, 0.05) is 5.56 Å². The van der Waals surface area contributed by atoms with Crippen molar-refractivity contribution < 1.29 is 31.9 Å². The van der Waals surface area contributed by atoms with Crippen LogP contribution in [-0.2, 0) is 10.7 Å². The fourth-order valence-electron chi connectivity index (χ4n) is 1.67. The zero-order valence-corrected chi connectivity index (χ0v) is 10.2. The van der Waals surface area contributed by atoms with Crippen LogP contribution in [-0.4, -0.2) is 41.8 Å². The summed E-state index contributed by atoms with van der Waals surface area (Å²) in [7, 11) is 0. The van der Waals surface area contributed by atoms with Crippen LogP contribution in [0, 0.1) is 0 Å². The van der Waals surface area contributed by atoms with E-state index >= 15 is 0 Å². The molecule has 112 valence electrons. The minimum absolute atomic E-state index is 0.162. The van der Waals surface area contributed by atoms with Crippen molar-refractivity contribution in [2.24, 2.45) is 0 Å². The van der Waals surface area contributed by atoms with Crippen molar-refractivity contribution >= 4 is 5.97 Å². The average Bonchev–Trinajstić information content (AvgIpc) is 2.26. The highest BCUT2D eigenvalue weighted by molar-refractivity contribution is 5.69. The molecule has 0 unspecified atom stereocenters. The van der Waals surface area contributed by atoms with E-state index in [1.807, 2.05) is 0 Å². The second-order valence-electron chi connectivity index (χ2n) is 4.22. The van der Waals surface area contributed by atoms with E-state index in [0.29, 0.717) is 0 Å². The monoisotopic (exact) mass is 297 g/mol. The predicted octanol–water partition coefficient (Wildman–Crippen LogP) is 2.73. The van der Waals surface area contributed by atoms with Gasteiger partial charge in [0.2, 0.25) is 0 Å². The maximum absolute atomic E-state index is 13.8. The van der Waals surface area contributed by atoms with Gasteiger partial charge in [-0.15, -0.1) is 0 Å². The van der Waals surface area contributed by atoms with Crippen molar-refractivity contribution in [3.63, 3.8) is 0 Å². The Labute approximate surface area is 111 Å². The minimum atomic E-state index is -4.75. The predicted molar refractivity (Wildman–Crippen MR) is 60.5 cm³/mol. The molecule has 0 amide bonds. The summed E-state index contributed by atoms with van der Waals surface area (Å²) in [6.07, 6.45) is -4.75. The van der Waals surface area contributed by atoms with Crippen molar-refractivity contribution in [3.05, 3.63) is 35.9 Å². The third-order valence-electron chi connectivity index (χ3n) is 2.38. The highest BCUT2D eigenvalue weighted by atomic mass is 19.4. The Kier molecular flexibility index (Phi) is 5.04. The van der Waals surface area contributed by atoms with Gasteiger partial charge in [-0.2, -0.15) is 22.0 Å². The number of rotatable bonds is 6. The second-order valence-corrected chi connectivity index (χ2v) is 4.22. The van der Waals surface area contributed by atoms with Gasteiger partial charge in [-0.05, 0) is 0 Å². The van der Waals surface area contributed by atoms with Crippen molar-refractivity contribution in [1.29, 1.82) is 0 Å². The lowest BCUT2D eigenvalue weighted by atomic mass is 10.1. The van der Waals surface area contributed by atoms with Crippen molar-refractivity contribution in [2.45, 2.75) is 12.1 Å². The van der Waals surface area contributed by atoms with Crippen molar-refractivity contribution in [1.82, 2.24) is 4.90 Å². The van der Waals surface area contributed by atoms with Gasteiger partial charge in [0.25, 0.3) is 5.92 Å². The maximum atomic E-state index is 13.8. The number of hydrogen-bond acceptors (Lipinski definition) is 2. The molecule has 0 saturated heterocycles. The summed E-state index contributed by atoms with van der Waals surface area (Å²) in [4.78, 5) is 10.6. The number of aliphatic carboxylic acids is 1. The molecular formula is C12H12F5NO2. The van der Waals surface area contributed by atoms with E-state index in [-0.39, 0.29) is 4.90 Å². The Balaban J connectivity index is 2.85. The number of alkyl halides is 5. The zero-order chi connectivity index (χ0) is 15.4. The summed E-state index contributed by atoms with van der Waals surface area (Å²) in [6, 6.07) is 6.30. The first-order valence-electron chi connectivity index (χ1n) is 5.54. The van der Waals surface area contributed by atoms with E-state index < -0.39 is 43.3 Å². The number of carboxylic acid groups (broad SMARTS) is 1. The Morgan fingerprint density at radius 2 is 1.60 bits per heavy atom. The van der Waals surface area contributed by atoms with E-state index in [1.165, 1.54) is 18.2 Å². The van der Waals surface area contributed by atoms with Crippen LogP contribution in [0.3, 0.4) is 0 Å². The van der Waals surface area contributed by atoms with Gasteiger partial charge in [0.15, 0.2) is 0 Å². The second kappa shape index (κ2) is 6.17. The lowest BCUT2D eigenvalue weighted by Crippen LogP contribution is -2.43. The molecule has 0 fully saturated rings. The fourth-order valence-corrected chi connectivity index (χ4v) is 1.67. The molecule has 20 heavy (non-hydrogen) atoms. The van der Waals surface area contributed by atoms with Gasteiger partial charge < -0.3 is 5.11 Å². The molecule has 0 spiro atoms. The SMILES string of the molecule is O=C(O)CN(CC(F)(F)F)CC(F)(F)c1ccccc1. The number of carboxylic acids is 1.